The number of hydrogen-bond acceptors (Lipinski definition) is 2. The van der Waals surface area contributed by atoms with Gasteiger partial charge in [0, 0.05) is 0 Å². The van der Waals surface area contributed by atoms with Gasteiger partial charge in [-0.25, -0.2) is 0 Å². The monoisotopic (exact) mass is 240 g/mol. The van der Waals surface area contributed by atoms with Crippen molar-refractivity contribution in [2.45, 2.75) is 7.43 Å². The maximum absolute atomic E-state index is 9.19. The van der Waals surface area contributed by atoms with E-state index in [1.165, 1.54) is 10.8 Å². The Hall–Kier alpha value is -1.39. The molecule has 0 heterocycles. The quantitative estimate of drug-likeness (QED) is 0.720. The Kier molecular flexibility index (Phi) is 5.71. The molecule has 2 rings (SSSR count). The van der Waals surface area contributed by atoms with Crippen molar-refractivity contribution in [1.29, 1.82) is 0 Å². The van der Waals surface area contributed by atoms with Crippen LogP contribution in [0.25, 0.3) is 10.8 Å². The van der Waals surface area contributed by atoms with E-state index in [1.54, 1.807) is 0 Å². The second kappa shape index (κ2) is 6.25. The van der Waals surface area contributed by atoms with E-state index in [2.05, 4.69) is 48.5 Å². The summed E-state index contributed by atoms with van der Waals surface area (Å²) in [5, 5.41) is 2.62. The largest absolute Gasteiger partial charge is 0.286 e. The summed E-state index contributed by atoms with van der Waals surface area (Å²) in [6.07, 6.45) is 0.715. The molecule has 0 bridgehead atoms. The molecule has 2 aromatic rings. The lowest BCUT2D eigenvalue weighted by atomic mass is 10.1. The summed E-state index contributed by atoms with van der Waals surface area (Å²) < 4.78 is 25.9. The summed E-state index contributed by atoms with van der Waals surface area (Å²) in [4.78, 5) is 0. The predicted molar refractivity (Wildman–Crippen MR) is 68.2 cm³/mol. The number of benzene rings is 2. The van der Waals surface area contributed by atoms with Gasteiger partial charge in [0.05, 0.1) is 6.26 Å². The van der Waals surface area contributed by atoms with Gasteiger partial charge in [-0.2, -0.15) is 8.42 Å². The van der Waals surface area contributed by atoms with Crippen LogP contribution in [-0.4, -0.2) is 19.2 Å². The topological polar surface area (TPSA) is 54.4 Å². The molecule has 0 aromatic heterocycles. The lowest BCUT2D eigenvalue weighted by Gasteiger charge is -1.92. The molecule has 0 radical (unpaired) electrons. The zero-order chi connectivity index (χ0) is 11.3. The van der Waals surface area contributed by atoms with Crippen LogP contribution in [-0.2, 0) is 10.1 Å². The molecule has 0 unspecified atom stereocenters. The molecule has 0 aliphatic rings. The van der Waals surface area contributed by atoms with Crippen LogP contribution in [0.1, 0.15) is 7.43 Å². The van der Waals surface area contributed by atoms with Gasteiger partial charge >= 0.3 is 0 Å². The summed E-state index contributed by atoms with van der Waals surface area (Å²) >= 11 is 0. The third-order valence-electron chi connectivity index (χ3n) is 1.66. The van der Waals surface area contributed by atoms with E-state index in [4.69, 9.17) is 4.55 Å². The molecule has 3 nitrogen and oxygen atoms in total. The Morgan fingerprint density at radius 2 is 1.06 bits per heavy atom. The second-order valence-electron chi connectivity index (χ2n) is 3.08. The van der Waals surface area contributed by atoms with E-state index in [9.17, 15) is 8.42 Å². The molecule has 1 N–H and O–H groups in total. The zero-order valence-electron chi connectivity index (χ0n) is 8.29. The van der Waals surface area contributed by atoms with Crippen LogP contribution >= 0.6 is 0 Å². The van der Waals surface area contributed by atoms with Gasteiger partial charge in [0.15, 0.2) is 0 Å². The highest BCUT2D eigenvalue weighted by Gasteiger charge is 1.85. The van der Waals surface area contributed by atoms with Crippen molar-refractivity contribution in [3.05, 3.63) is 48.5 Å². The molecule has 0 aliphatic carbocycles. The zero-order valence-corrected chi connectivity index (χ0v) is 9.11. The van der Waals surface area contributed by atoms with Gasteiger partial charge in [0.2, 0.25) is 0 Å². The Balaban J connectivity index is 0.000000330. The first-order valence-corrected chi connectivity index (χ1v) is 6.18. The minimum atomic E-state index is -3.67. The normalized spacial score (nSPS) is 9.88. The SMILES string of the molecule is C.CS(=O)(=O)O.c1ccc2ccccc2c1. The molecule has 16 heavy (non-hydrogen) atoms. The van der Waals surface area contributed by atoms with Crippen molar-refractivity contribution < 1.29 is 13.0 Å². The lowest BCUT2D eigenvalue weighted by molar-refractivity contribution is 0.490. The van der Waals surface area contributed by atoms with Crippen LogP contribution in [0.3, 0.4) is 0 Å². The summed E-state index contributed by atoms with van der Waals surface area (Å²) in [7, 11) is -3.67. The van der Waals surface area contributed by atoms with E-state index < -0.39 is 10.1 Å². The van der Waals surface area contributed by atoms with Crippen molar-refractivity contribution in [1.82, 2.24) is 0 Å². The van der Waals surface area contributed by atoms with Crippen molar-refractivity contribution in [3.63, 3.8) is 0 Å². The minimum absolute atomic E-state index is 0. The summed E-state index contributed by atoms with van der Waals surface area (Å²) in [6, 6.07) is 16.7. The van der Waals surface area contributed by atoms with E-state index in [-0.39, 0.29) is 7.43 Å². The number of fused-ring (bicyclic) bond motifs is 1. The van der Waals surface area contributed by atoms with Gasteiger partial charge < -0.3 is 0 Å². The Labute approximate surface area is 96.5 Å². The fourth-order valence-corrected chi connectivity index (χ4v) is 1.13. The van der Waals surface area contributed by atoms with Crippen molar-refractivity contribution >= 4 is 20.9 Å². The van der Waals surface area contributed by atoms with Crippen molar-refractivity contribution in [2.75, 3.05) is 6.26 Å². The average molecular weight is 240 g/mol. The fourth-order valence-electron chi connectivity index (χ4n) is 1.13. The fraction of sp³-hybridized carbons (Fsp3) is 0.167. The first kappa shape index (κ1) is 14.6. The molecule has 0 saturated heterocycles. The minimum Gasteiger partial charge on any atom is -0.286 e. The van der Waals surface area contributed by atoms with Crippen LogP contribution < -0.4 is 0 Å². The highest BCUT2D eigenvalue weighted by atomic mass is 32.2. The standard InChI is InChI=1S/C10H8.CH4O3S.CH4/c1-2-6-10-8-4-3-7-9(10)5-1;1-5(2,3)4;/h1-8H;1H3,(H,2,3,4);1H4. The third-order valence-corrected chi connectivity index (χ3v) is 1.66. The van der Waals surface area contributed by atoms with E-state index >= 15 is 0 Å². The highest BCUT2D eigenvalue weighted by Crippen LogP contribution is 2.11. The van der Waals surface area contributed by atoms with Crippen molar-refractivity contribution in [3.8, 4) is 0 Å². The number of hydrogen-bond donors (Lipinski definition) is 1. The van der Waals surface area contributed by atoms with Gasteiger partial charge in [-0.05, 0) is 10.8 Å². The van der Waals surface area contributed by atoms with Gasteiger partial charge in [-0.1, -0.05) is 56.0 Å². The predicted octanol–water partition coefficient (Wildman–Crippen LogP) is 2.98. The molecule has 0 atom stereocenters. The molecule has 0 fully saturated rings. The van der Waals surface area contributed by atoms with Crippen LogP contribution in [0.5, 0.6) is 0 Å². The van der Waals surface area contributed by atoms with Gasteiger partial charge in [-0.3, -0.25) is 4.55 Å². The molecule has 0 amide bonds. The Bertz CT molecular complexity index is 459. The molecular formula is C12H16O3S. The first-order chi connectivity index (χ1) is 6.97. The van der Waals surface area contributed by atoms with E-state index in [0.29, 0.717) is 6.26 Å². The summed E-state index contributed by atoms with van der Waals surface area (Å²) in [5.74, 6) is 0. The second-order valence-corrected chi connectivity index (χ2v) is 4.55. The third kappa shape index (κ3) is 6.16. The maximum atomic E-state index is 9.19. The highest BCUT2D eigenvalue weighted by molar-refractivity contribution is 7.85. The Morgan fingerprint density at radius 3 is 1.25 bits per heavy atom. The molecular weight excluding hydrogens is 224 g/mol. The molecule has 0 spiro atoms. The summed E-state index contributed by atoms with van der Waals surface area (Å²) in [5.41, 5.74) is 0. The van der Waals surface area contributed by atoms with Gasteiger partial charge in [-0.15, -0.1) is 0 Å². The maximum Gasteiger partial charge on any atom is 0.261 e. The van der Waals surface area contributed by atoms with E-state index in [0.717, 1.165) is 0 Å². The van der Waals surface area contributed by atoms with Crippen LogP contribution in [0.2, 0.25) is 0 Å². The van der Waals surface area contributed by atoms with Crippen LogP contribution in [0.15, 0.2) is 48.5 Å². The smallest absolute Gasteiger partial charge is 0.261 e. The molecule has 2 aromatic carbocycles. The van der Waals surface area contributed by atoms with Gasteiger partial charge in [0.25, 0.3) is 10.1 Å². The molecule has 88 valence electrons. The Morgan fingerprint density at radius 1 is 0.875 bits per heavy atom. The average Bonchev–Trinajstić information content (AvgIpc) is 2.16. The van der Waals surface area contributed by atoms with Crippen LogP contribution in [0, 0.1) is 0 Å². The lowest BCUT2D eigenvalue weighted by Crippen LogP contribution is -1.88. The molecule has 0 aliphatic heterocycles. The molecule has 4 heteroatoms. The number of rotatable bonds is 0. The van der Waals surface area contributed by atoms with Crippen LogP contribution in [0.4, 0.5) is 0 Å². The van der Waals surface area contributed by atoms with E-state index in [1.807, 2.05) is 0 Å². The summed E-state index contributed by atoms with van der Waals surface area (Å²) in [6.45, 7) is 0. The first-order valence-electron chi connectivity index (χ1n) is 4.33. The van der Waals surface area contributed by atoms with Gasteiger partial charge in [0.1, 0.15) is 0 Å². The van der Waals surface area contributed by atoms with Crippen molar-refractivity contribution in [2.24, 2.45) is 0 Å². The molecule has 0 saturated carbocycles.